The summed E-state index contributed by atoms with van der Waals surface area (Å²) in [4.78, 5) is 27.0. The molecule has 1 aliphatic carbocycles. The van der Waals surface area contributed by atoms with Crippen LogP contribution < -0.4 is 10.6 Å². The van der Waals surface area contributed by atoms with E-state index in [0.29, 0.717) is 28.3 Å². The number of anilines is 2. The fraction of sp³-hybridized carbons (Fsp3) is 0.364. The van der Waals surface area contributed by atoms with Gasteiger partial charge in [0.05, 0.1) is 17.3 Å². The van der Waals surface area contributed by atoms with Crippen LogP contribution in [-0.4, -0.2) is 35.8 Å². The Morgan fingerprint density at radius 1 is 1.03 bits per heavy atom. The maximum absolute atomic E-state index is 12.6. The molecule has 2 amide bonds. The Bertz CT molecular complexity index is 893. The fourth-order valence-electron chi connectivity index (χ4n) is 3.26. The summed E-state index contributed by atoms with van der Waals surface area (Å²) in [7, 11) is 0. The van der Waals surface area contributed by atoms with Gasteiger partial charge in [0.15, 0.2) is 0 Å². The number of nitrogens with one attached hydrogen (secondary N) is 2. The Hall–Kier alpha value is -2.08. The molecule has 0 unspecified atom stereocenters. The van der Waals surface area contributed by atoms with Crippen LogP contribution in [0.3, 0.4) is 0 Å². The lowest BCUT2D eigenvalue weighted by Crippen LogP contribution is -2.37. The predicted octanol–water partition coefficient (Wildman–Crippen LogP) is 5.04. The lowest BCUT2D eigenvalue weighted by atomic mass is 10.1. The average molecular weight is 434 g/mol. The Labute approximate surface area is 181 Å². The molecule has 3 rings (SSSR count). The first-order chi connectivity index (χ1) is 13.8. The molecular formula is C22H25Cl2N3O2. The number of hydrogen-bond acceptors (Lipinski definition) is 3. The van der Waals surface area contributed by atoms with Crippen molar-refractivity contribution in [1.82, 2.24) is 4.90 Å². The van der Waals surface area contributed by atoms with Crippen LogP contribution in [0, 0.1) is 13.8 Å². The van der Waals surface area contributed by atoms with Crippen molar-refractivity contribution in [3.8, 4) is 0 Å². The van der Waals surface area contributed by atoms with E-state index in [1.807, 2.05) is 32.0 Å². The minimum absolute atomic E-state index is 0.0624. The van der Waals surface area contributed by atoms with E-state index >= 15 is 0 Å². The molecule has 29 heavy (non-hydrogen) atoms. The highest BCUT2D eigenvalue weighted by atomic mass is 35.5. The maximum atomic E-state index is 12.6. The molecule has 0 radical (unpaired) electrons. The van der Waals surface area contributed by atoms with Gasteiger partial charge in [-0.25, -0.2) is 0 Å². The summed E-state index contributed by atoms with van der Waals surface area (Å²) < 4.78 is 0. The number of hydrogen-bond donors (Lipinski definition) is 2. The minimum Gasteiger partial charge on any atom is -0.325 e. The van der Waals surface area contributed by atoms with Crippen molar-refractivity contribution in [2.24, 2.45) is 0 Å². The van der Waals surface area contributed by atoms with Crippen molar-refractivity contribution < 1.29 is 9.59 Å². The lowest BCUT2D eigenvalue weighted by molar-refractivity contribution is -0.119. The lowest BCUT2D eigenvalue weighted by Gasteiger charge is -2.22. The van der Waals surface area contributed by atoms with Crippen LogP contribution in [0.15, 0.2) is 36.4 Å². The van der Waals surface area contributed by atoms with Gasteiger partial charge in [0.1, 0.15) is 0 Å². The first-order valence-electron chi connectivity index (χ1n) is 9.68. The number of carbonyl (C=O) groups is 2. The molecule has 1 aliphatic rings. The molecule has 7 heteroatoms. The molecule has 0 atom stereocenters. The molecule has 0 saturated heterocycles. The van der Waals surface area contributed by atoms with E-state index in [-0.39, 0.29) is 24.8 Å². The molecule has 0 aromatic heterocycles. The quantitative estimate of drug-likeness (QED) is 0.612. The van der Waals surface area contributed by atoms with Crippen molar-refractivity contribution in [2.45, 2.75) is 39.2 Å². The third kappa shape index (κ3) is 6.20. The molecular weight excluding hydrogens is 409 g/mol. The van der Waals surface area contributed by atoms with Gasteiger partial charge in [0.25, 0.3) is 0 Å². The van der Waals surface area contributed by atoms with Gasteiger partial charge in [-0.1, -0.05) is 41.4 Å². The molecule has 0 heterocycles. The van der Waals surface area contributed by atoms with Gasteiger partial charge >= 0.3 is 0 Å². The molecule has 2 aromatic rings. The Morgan fingerprint density at radius 3 is 2.38 bits per heavy atom. The SMILES string of the molecule is Cc1cccc(C)c1NC(=O)CN(CCC(=O)Nc1cc(Cl)ccc1Cl)C1CC1. The highest BCUT2D eigenvalue weighted by Gasteiger charge is 2.30. The van der Waals surface area contributed by atoms with Crippen molar-refractivity contribution in [3.63, 3.8) is 0 Å². The fourth-order valence-corrected chi connectivity index (χ4v) is 3.59. The van der Waals surface area contributed by atoms with E-state index in [1.54, 1.807) is 18.2 Å². The molecule has 1 saturated carbocycles. The van der Waals surface area contributed by atoms with Gasteiger partial charge in [-0.2, -0.15) is 0 Å². The van der Waals surface area contributed by atoms with Crippen LogP contribution in [0.1, 0.15) is 30.4 Å². The first kappa shape index (κ1) is 21.6. The normalized spacial score (nSPS) is 13.4. The van der Waals surface area contributed by atoms with Crippen molar-refractivity contribution in [3.05, 3.63) is 57.6 Å². The van der Waals surface area contributed by atoms with Crippen LogP contribution in [-0.2, 0) is 9.59 Å². The number of nitrogens with zero attached hydrogens (tertiary/aromatic N) is 1. The molecule has 5 nitrogen and oxygen atoms in total. The molecule has 0 spiro atoms. The second-order valence-corrected chi connectivity index (χ2v) is 8.28. The maximum Gasteiger partial charge on any atom is 0.238 e. The largest absolute Gasteiger partial charge is 0.325 e. The van der Waals surface area contributed by atoms with Gasteiger partial charge in [-0.05, 0) is 56.0 Å². The number of benzene rings is 2. The molecule has 0 aliphatic heterocycles. The summed E-state index contributed by atoms with van der Waals surface area (Å²) >= 11 is 12.1. The predicted molar refractivity (Wildman–Crippen MR) is 119 cm³/mol. The van der Waals surface area contributed by atoms with E-state index in [1.165, 1.54) is 0 Å². The third-order valence-corrected chi connectivity index (χ3v) is 5.55. The van der Waals surface area contributed by atoms with E-state index in [4.69, 9.17) is 23.2 Å². The average Bonchev–Trinajstić information content (AvgIpc) is 3.50. The van der Waals surface area contributed by atoms with Crippen molar-refractivity contribution in [2.75, 3.05) is 23.7 Å². The van der Waals surface area contributed by atoms with Gasteiger partial charge in [0.2, 0.25) is 11.8 Å². The number of carbonyl (C=O) groups excluding carboxylic acids is 2. The van der Waals surface area contributed by atoms with Gasteiger partial charge in [-0.3, -0.25) is 14.5 Å². The Kier molecular flexibility index (Phi) is 7.17. The first-order valence-corrected chi connectivity index (χ1v) is 10.4. The molecule has 0 bridgehead atoms. The second-order valence-electron chi connectivity index (χ2n) is 7.44. The summed E-state index contributed by atoms with van der Waals surface area (Å²) in [5.41, 5.74) is 3.43. The zero-order valence-electron chi connectivity index (χ0n) is 16.6. The van der Waals surface area contributed by atoms with E-state index in [9.17, 15) is 9.59 Å². The number of para-hydroxylation sites is 1. The standard InChI is InChI=1S/C22H25Cl2N3O2/c1-14-4-3-5-15(2)22(14)26-21(29)13-27(17-7-8-17)11-10-20(28)25-19-12-16(23)6-9-18(19)24/h3-6,9,12,17H,7-8,10-11,13H2,1-2H3,(H,25,28)(H,26,29). The summed E-state index contributed by atoms with van der Waals surface area (Å²) in [6.45, 7) is 4.73. The van der Waals surface area contributed by atoms with Crippen molar-refractivity contribution >= 4 is 46.4 Å². The number of aryl methyl sites for hydroxylation is 2. The smallest absolute Gasteiger partial charge is 0.238 e. The zero-order valence-corrected chi connectivity index (χ0v) is 18.1. The summed E-state index contributed by atoms with van der Waals surface area (Å²) in [5, 5.41) is 6.76. The summed E-state index contributed by atoms with van der Waals surface area (Å²) in [5.74, 6) is -0.220. The summed E-state index contributed by atoms with van der Waals surface area (Å²) in [6, 6.07) is 11.2. The van der Waals surface area contributed by atoms with Gasteiger partial charge in [0, 0.05) is 29.7 Å². The van der Waals surface area contributed by atoms with E-state index in [0.717, 1.165) is 29.7 Å². The summed E-state index contributed by atoms with van der Waals surface area (Å²) in [6.07, 6.45) is 2.38. The molecule has 2 N–H and O–H groups in total. The van der Waals surface area contributed by atoms with Gasteiger partial charge in [-0.15, -0.1) is 0 Å². The van der Waals surface area contributed by atoms with Crippen molar-refractivity contribution in [1.29, 1.82) is 0 Å². The minimum atomic E-state index is -0.157. The molecule has 2 aromatic carbocycles. The van der Waals surface area contributed by atoms with Crippen LogP contribution >= 0.6 is 23.2 Å². The highest BCUT2D eigenvalue weighted by Crippen LogP contribution is 2.28. The van der Waals surface area contributed by atoms with Crippen LogP contribution in [0.5, 0.6) is 0 Å². The van der Waals surface area contributed by atoms with Crippen LogP contribution in [0.2, 0.25) is 10.0 Å². The van der Waals surface area contributed by atoms with E-state index in [2.05, 4.69) is 15.5 Å². The Morgan fingerprint density at radius 2 is 1.72 bits per heavy atom. The highest BCUT2D eigenvalue weighted by molar-refractivity contribution is 6.35. The number of amides is 2. The Balaban J connectivity index is 1.54. The number of halogens is 2. The third-order valence-electron chi connectivity index (χ3n) is 4.98. The number of rotatable bonds is 8. The second kappa shape index (κ2) is 9.61. The van der Waals surface area contributed by atoms with Crippen LogP contribution in [0.25, 0.3) is 0 Å². The zero-order chi connectivity index (χ0) is 21.0. The monoisotopic (exact) mass is 433 g/mol. The van der Waals surface area contributed by atoms with Gasteiger partial charge < -0.3 is 10.6 Å². The topological polar surface area (TPSA) is 61.4 Å². The van der Waals surface area contributed by atoms with Crippen LogP contribution in [0.4, 0.5) is 11.4 Å². The molecule has 154 valence electrons. The molecule has 1 fully saturated rings. The van der Waals surface area contributed by atoms with E-state index < -0.39 is 0 Å².